The van der Waals surface area contributed by atoms with Crippen LogP contribution < -0.4 is 5.32 Å². The number of β-amino-alcohol motifs (C(OH)–C–C–N with tert-alkyl or cyclic N) is 1. The summed E-state index contributed by atoms with van der Waals surface area (Å²) in [7, 11) is 0. The first-order chi connectivity index (χ1) is 18.5. The van der Waals surface area contributed by atoms with Gasteiger partial charge in [-0.05, 0) is 42.8 Å². The van der Waals surface area contributed by atoms with Gasteiger partial charge in [-0.1, -0.05) is 23.7 Å². The van der Waals surface area contributed by atoms with E-state index in [2.05, 4.69) is 15.4 Å². The van der Waals surface area contributed by atoms with Gasteiger partial charge in [0.25, 0.3) is 5.91 Å². The van der Waals surface area contributed by atoms with Crippen molar-refractivity contribution in [1.82, 2.24) is 29.9 Å². The number of carbonyl (C=O) groups is 2. The van der Waals surface area contributed by atoms with E-state index in [0.717, 1.165) is 0 Å². The number of amidine groups is 1. The van der Waals surface area contributed by atoms with Crippen LogP contribution in [0.5, 0.6) is 0 Å². The molecule has 1 unspecified atom stereocenters. The van der Waals surface area contributed by atoms with Crippen LogP contribution in [0.25, 0.3) is 5.69 Å². The van der Waals surface area contributed by atoms with Gasteiger partial charge < -0.3 is 15.3 Å². The zero-order chi connectivity index (χ0) is 28.2. The number of carbonyl (C=O) groups excluding carboxylic acids is 2. The van der Waals surface area contributed by atoms with Crippen LogP contribution in [0.2, 0.25) is 5.02 Å². The van der Waals surface area contributed by atoms with Crippen LogP contribution in [0, 0.1) is 5.41 Å². The zero-order valence-electron chi connectivity index (χ0n) is 20.5. The molecular weight excluding hydrogens is 539 g/mol. The summed E-state index contributed by atoms with van der Waals surface area (Å²) in [5, 5.41) is 25.2. The minimum atomic E-state index is -4.53. The monoisotopic (exact) mass is 563 g/mol. The second kappa shape index (κ2) is 11.8. The summed E-state index contributed by atoms with van der Waals surface area (Å²) in [5.41, 5.74) is 0.998. The lowest BCUT2D eigenvalue weighted by Gasteiger charge is -2.24. The third kappa shape index (κ3) is 7.12. The molecule has 1 aliphatic rings. The first kappa shape index (κ1) is 28.0. The lowest BCUT2D eigenvalue weighted by molar-refractivity contribution is -0.135. The van der Waals surface area contributed by atoms with Gasteiger partial charge in [-0.2, -0.15) is 13.2 Å². The number of aliphatic hydroxyl groups is 1. The molecule has 2 aromatic carbocycles. The normalized spacial score (nSPS) is 15.3. The summed E-state index contributed by atoms with van der Waals surface area (Å²) < 4.78 is 40.1. The maximum Gasteiger partial charge on any atom is 0.390 e. The largest absolute Gasteiger partial charge is 0.391 e. The molecule has 4 rings (SSSR count). The molecular formula is C25H25ClF3N7O3. The highest BCUT2D eigenvalue weighted by Gasteiger charge is 2.31. The van der Waals surface area contributed by atoms with Crippen LogP contribution in [0.4, 0.5) is 18.0 Å². The first-order valence-electron chi connectivity index (χ1n) is 12.0. The number of nitrogens with zero attached hydrogens (tertiary/aromatic N) is 5. The molecule has 10 nitrogen and oxygen atoms in total. The number of hydrogen-bond acceptors (Lipinski definition) is 6. The standard InChI is InChI=1S/C25H25ClF3N7O3/c26-17-7-5-16(6-8-17)22(30)35(12-10-25(27,28)29)24(39)31-13-21-32-15-36(33-21)20-4-2-1-3-19(20)23(38)34-11-9-18(37)14-34/h1-8,15,18,30,37H,9-14H2,(H,31,39). The smallest absolute Gasteiger partial charge is 0.390 e. The molecule has 206 valence electrons. The number of hydrogen-bond donors (Lipinski definition) is 3. The van der Waals surface area contributed by atoms with E-state index in [4.69, 9.17) is 17.0 Å². The van der Waals surface area contributed by atoms with E-state index >= 15 is 0 Å². The van der Waals surface area contributed by atoms with Crippen molar-refractivity contribution < 1.29 is 27.9 Å². The van der Waals surface area contributed by atoms with Crippen LogP contribution in [0.3, 0.4) is 0 Å². The quantitative estimate of drug-likeness (QED) is 0.299. The molecule has 0 bridgehead atoms. The van der Waals surface area contributed by atoms with E-state index in [9.17, 15) is 27.9 Å². The highest BCUT2D eigenvalue weighted by Crippen LogP contribution is 2.22. The third-order valence-electron chi connectivity index (χ3n) is 6.02. The van der Waals surface area contributed by atoms with Gasteiger partial charge in [-0.25, -0.2) is 14.5 Å². The van der Waals surface area contributed by atoms with Crippen LogP contribution in [0.15, 0.2) is 54.9 Å². The van der Waals surface area contributed by atoms with E-state index < -0.39 is 37.1 Å². The molecule has 2 heterocycles. The Hall–Kier alpha value is -3.97. The fourth-order valence-corrected chi connectivity index (χ4v) is 4.14. The van der Waals surface area contributed by atoms with Crippen molar-refractivity contribution in [3.8, 4) is 5.69 Å². The molecule has 1 atom stereocenters. The zero-order valence-corrected chi connectivity index (χ0v) is 21.3. The predicted molar refractivity (Wildman–Crippen MR) is 136 cm³/mol. The number of nitrogens with one attached hydrogen (secondary N) is 2. The van der Waals surface area contributed by atoms with Crippen molar-refractivity contribution in [2.24, 2.45) is 0 Å². The molecule has 1 aromatic heterocycles. The van der Waals surface area contributed by atoms with E-state index in [1.807, 2.05) is 0 Å². The average Bonchev–Trinajstić information content (AvgIpc) is 3.56. The fourth-order valence-electron chi connectivity index (χ4n) is 4.01. The highest BCUT2D eigenvalue weighted by atomic mass is 35.5. The SMILES string of the molecule is N=C(c1ccc(Cl)cc1)N(CCC(F)(F)F)C(=O)NCc1ncn(-c2ccccc2C(=O)N2CCC(O)C2)n1. The topological polar surface area (TPSA) is 127 Å². The van der Waals surface area contributed by atoms with Gasteiger partial charge in [-0.15, -0.1) is 5.10 Å². The summed E-state index contributed by atoms with van der Waals surface area (Å²) in [6.45, 7) is -0.341. The molecule has 0 spiro atoms. The van der Waals surface area contributed by atoms with E-state index in [0.29, 0.717) is 34.1 Å². The number of urea groups is 1. The average molecular weight is 564 g/mol. The Morgan fingerprint density at radius 1 is 1.18 bits per heavy atom. The third-order valence-corrected chi connectivity index (χ3v) is 6.27. The van der Waals surface area contributed by atoms with Crippen molar-refractivity contribution in [3.05, 3.63) is 76.8 Å². The van der Waals surface area contributed by atoms with Gasteiger partial charge in [0.05, 0.1) is 30.3 Å². The molecule has 1 aliphatic heterocycles. The Kier molecular flexibility index (Phi) is 8.51. The first-order valence-corrected chi connectivity index (χ1v) is 12.3. The van der Waals surface area contributed by atoms with Gasteiger partial charge in [0.15, 0.2) is 5.82 Å². The van der Waals surface area contributed by atoms with E-state index in [1.165, 1.54) is 35.3 Å². The summed E-state index contributed by atoms with van der Waals surface area (Å²) in [6.07, 6.45) is -4.56. The maximum absolute atomic E-state index is 13.0. The van der Waals surface area contributed by atoms with Crippen molar-refractivity contribution in [1.29, 1.82) is 5.41 Å². The maximum atomic E-state index is 13.0. The summed E-state index contributed by atoms with van der Waals surface area (Å²) in [5.74, 6) is -0.559. The molecule has 0 radical (unpaired) electrons. The number of para-hydroxylation sites is 1. The summed E-state index contributed by atoms with van der Waals surface area (Å²) in [4.78, 5) is 32.2. The molecule has 3 aromatic rings. The number of aromatic nitrogens is 3. The van der Waals surface area contributed by atoms with Crippen molar-refractivity contribution in [2.75, 3.05) is 19.6 Å². The number of amides is 3. The molecule has 1 fully saturated rings. The number of halogens is 4. The predicted octanol–water partition coefficient (Wildman–Crippen LogP) is 3.62. The second-order valence-corrected chi connectivity index (χ2v) is 9.28. The Morgan fingerprint density at radius 2 is 1.90 bits per heavy atom. The molecule has 1 saturated heterocycles. The van der Waals surface area contributed by atoms with Crippen molar-refractivity contribution in [3.63, 3.8) is 0 Å². The number of aliphatic hydroxyl groups excluding tert-OH is 1. The number of benzene rings is 2. The molecule has 14 heteroatoms. The molecule has 39 heavy (non-hydrogen) atoms. The van der Waals surface area contributed by atoms with Crippen molar-refractivity contribution >= 4 is 29.4 Å². The molecule has 0 saturated carbocycles. The van der Waals surface area contributed by atoms with Crippen molar-refractivity contribution in [2.45, 2.75) is 31.7 Å². The van der Waals surface area contributed by atoms with E-state index in [-0.39, 0.29) is 30.4 Å². The molecule has 3 amide bonds. The lowest BCUT2D eigenvalue weighted by atomic mass is 10.1. The van der Waals surface area contributed by atoms with Gasteiger partial charge in [0.2, 0.25) is 0 Å². The second-order valence-electron chi connectivity index (χ2n) is 8.85. The van der Waals surface area contributed by atoms with Crippen LogP contribution >= 0.6 is 11.6 Å². The highest BCUT2D eigenvalue weighted by molar-refractivity contribution is 6.30. The molecule has 3 N–H and O–H groups in total. The Labute approximate surface area is 226 Å². The van der Waals surface area contributed by atoms with E-state index in [1.54, 1.807) is 29.2 Å². The summed E-state index contributed by atoms with van der Waals surface area (Å²) in [6, 6.07) is 11.6. The minimum Gasteiger partial charge on any atom is -0.391 e. The van der Waals surface area contributed by atoms with Gasteiger partial charge in [-0.3, -0.25) is 15.1 Å². The fraction of sp³-hybridized carbons (Fsp3) is 0.320. The van der Waals surface area contributed by atoms with Crippen LogP contribution in [0.1, 0.15) is 34.6 Å². The number of alkyl halides is 3. The van der Waals surface area contributed by atoms with Crippen LogP contribution in [-0.4, -0.2) is 79.4 Å². The Balaban J connectivity index is 1.46. The summed E-state index contributed by atoms with van der Waals surface area (Å²) >= 11 is 5.85. The number of rotatable bonds is 7. The lowest BCUT2D eigenvalue weighted by Crippen LogP contribution is -2.45. The minimum absolute atomic E-state index is 0.135. The Bertz CT molecular complexity index is 1350. The van der Waals surface area contributed by atoms with Gasteiger partial charge >= 0.3 is 12.2 Å². The van der Waals surface area contributed by atoms with Crippen LogP contribution in [-0.2, 0) is 6.54 Å². The Morgan fingerprint density at radius 3 is 2.56 bits per heavy atom. The van der Waals surface area contributed by atoms with Gasteiger partial charge in [0, 0.05) is 30.2 Å². The molecule has 0 aliphatic carbocycles. The van der Waals surface area contributed by atoms with Gasteiger partial charge in [0.1, 0.15) is 12.2 Å². The number of likely N-dealkylation sites (tertiary alicyclic amines) is 1.